The maximum absolute atomic E-state index is 13.1. The first-order valence-corrected chi connectivity index (χ1v) is 13.0. The summed E-state index contributed by atoms with van der Waals surface area (Å²) in [4.78, 5) is 35.2. The van der Waals surface area contributed by atoms with Crippen LogP contribution in [0.25, 0.3) is 15.5 Å². The van der Waals surface area contributed by atoms with Crippen molar-refractivity contribution < 1.29 is 9.53 Å². The van der Waals surface area contributed by atoms with Crippen molar-refractivity contribution in [3.05, 3.63) is 82.3 Å². The third-order valence-electron chi connectivity index (χ3n) is 6.30. The minimum Gasteiger partial charge on any atom is -0.481 e. The Bertz CT molecular complexity index is 1410. The lowest BCUT2D eigenvalue weighted by Crippen LogP contribution is -2.52. The van der Waals surface area contributed by atoms with Crippen molar-refractivity contribution in [1.29, 1.82) is 0 Å². The molecule has 3 heterocycles. The molecule has 2 aromatic carbocycles. The summed E-state index contributed by atoms with van der Waals surface area (Å²) in [6, 6.07) is 19.1. The van der Waals surface area contributed by atoms with Gasteiger partial charge in [-0.15, -0.1) is 0 Å². The predicted molar refractivity (Wildman–Crippen MR) is 140 cm³/mol. The summed E-state index contributed by atoms with van der Waals surface area (Å²) in [6.45, 7) is 7.22. The number of aryl methyl sites for hydroxylation is 1. The number of rotatable bonds is 7. The second-order valence-corrected chi connectivity index (χ2v) is 9.94. The summed E-state index contributed by atoms with van der Waals surface area (Å²) in [7, 11) is 0. The van der Waals surface area contributed by atoms with Gasteiger partial charge in [0.1, 0.15) is 10.8 Å². The number of fused-ring (bicyclic) bond motifs is 1. The summed E-state index contributed by atoms with van der Waals surface area (Å²) < 4.78 is 7.31. The molecule has 186 valence electrons. The van der Waals surface area contributed by atoms with Gasteiger partial charge in [-0.05, 0) is 31.5 Å². The monoisotopic (exact) mass is 503 g/mol. The molecule has 1 saturated heterocycles. The molecule has 5 rings (SSSR count). The molecule has 0 N–H and O–H groups in total. The van der Waals surface area contributed by atoms with Crippen LogP contribution >= 0.6 is 11.3 Å². The fourth-order valence-corrected chi connectivity index (χ4v) is 5.28. The molecular weight excluding hydrogens is 474 g/mol. The Morgan fingerprint density at radius 1 is 1.06 bits per heavy atom. The van der Waals surface area contributed by atoms with Gasteiger partial charge in [-0.2, -0.15) is 9.61 Å². The standard InChI is InChI=1S/C27H29N5O3S/c1-3-23(35-22-10-5-4-6-11-22)26(34)31-14-12-30(13-15-31)18-21-17-24(33)32-27(28-21)36-25(29-32)20-9-7-8-19(2)16-20/h4-11,16-17,23H,3,12-15,18H2,1-2H3/t23-/m1/s1. The molecule has 0 radical (unpaired) electrons. The number of benzene rings is 2. The molecule has 36 heavy (non-hydrogen) atoms. The highest BCUT2D eigenvalue weighted by Crippen LogP contribution is 2.25. The molecule has 4 aromatic rings. The number of carbonyl (C=O) groups excluding carboxylic acids is 1. The van der Waals surface area contributed by atoms with Crippen molar-refractivity contribution in [2.45, 2.75) is 32.9 Å². The van der Waals surface area contributed by atoms with E-state index in [0.29, 0.717) is 49.9 Å². The predicted octanol–water partition coefficient (Wildman–Crippen LogP) is 3.63. The van der Waals surface area contributed by atoms with Gasteiger partial charge in [-0.1, -0.05) is 60.2 Å². The molecule has 9 heteroatoms. The minimum absolute atomic E-state index is 0.0205. The lowest BCUT2D eigenvalue weighted by Gasteiger charge is -2.36. The molecule has 8 nitrogen and oxygen atoms in total. The molecule has 1 aliphatic rings. The molecule has 1 amide bonds. The normalized spacial score (nSPS) is 15.2. The maximum Gasteiger partial charge on any atom is 0.275 e. The zero-order valence-corrected chi connectivity index (χ0v) is 21.3. The number of nitrogens with zero attached hydrogens (tertiary/aromatic N) is 5. The first-order chi connectivity index (χ1) is 17.5. The summed E-state index contributed by atoms with van der Waals surface area (Å²) in [5.74, 6) is 0.727. The van der Waals surface area contributed by atoms with Crippen LogP contribution < -0.4 is 10.3 Å². The molecular formula is C27H29N5O3S. The number of carbonyl (C=O) groups is 1. The van der Waals surface area contributed by atoms with Crippen LogP contribution in [0.2, 0.25) is 0 Å². The van der Waals surface area contributed by atoms with E-state index in [4.69, 9.17) is 9.72 Å². The van der Waals surface area contributed by atoms with Gasteiger partial charge >= 0.3 is 0 Å². The minimum atomic E-state index is -0.489. The highest BCUT2D eigenvalue weighted by atomic mass is 32.1. The van der Waals surface area contributed by atoms with Crippen molar-refractivity contribution in [2.75, 3.05) is 26.2 Å². The van der Waals surface area contributed by atoms with E-state index in [1.165, 1.54) is 15.9 Å². The van der Waals surface area contributed by atoms with Gasteiger partial charge < -0.3 is 9.64 Å². The van der Waals surface area contributed by atoms with E-state index < -0.39 is 6.10 Å². The Morgan fingerprint density at radius 2 is 1.83 bits per heavy atom. The summed E-state index contributed by atoms with van der Waals surface area (Å²) >= 11 is 1.42. The van der Waals surface area contributed by atoms with Crippen LogP contribution in [-0.4, -0.2) is 62.6 Å². The number of piperazine rings is 1. The Labute approximate surface area is 213 Å². The first-order valence-electron chi connectivity index (χ1n) is 12.2. The molecule has 0 saturated carbocycles. The van der Waals surface area contributed by atoms with Crippen molar-refractivity contribution in [2.24, 2.45) is 0 Å². The topological polar surface area (TPSA) is 80.0 Å². The summed E-state index contributed by atoms with van der Waals surface area (Å²) in [5, 5.41) is 5.26. The Hall–Kier alpha value is -3.56. The highest BCUT2D eigenvalue weighted by Gasteiger charge is 2.28. The number of hydrogen-bond donors (Lipinski definition) is 0. The third-order valence-corrected chi connectivity index (χ3v) is 7.26. The molecule has 1 aliphatic heterocycles. The van der Waals surface area contributed by atoms with Crippen molar-refractivity contribution in [3.63, 3.8) is 0 Å². The number of hydrogen-bond acceptors (Lipinski definition) is 7. The summed E-state index contributed by atoms with van der Waals surface area (Å²) in [6.07, 6.45) is 0.123. The van der Waals surface area contributed by atoms with Crippen LogP contribution in [0.5, 0.6) is 5.75 Å². The zero-order valence-electron chi connectivity index (χ0n) is 20.5. The van der Waals surface area contributed by atoms with Crippen LogP contribution in [0.1, 0.15) is 24.6 Å². The number of para-hydroxylation sites is 1. The van der Waals surface area contributed by atoms with Gasteiger partial charge in [0.05, 0.1) is 5.69 Å². The zero-order chi connectivity index (χ0) is 25.1. The molecule has 0 spiro atoms. The lowest BCUT2D eigenvalue weighted by atomic mass is 10.1. The second kappa shape index (κ2) is 10.6. The molecule has 2 aromatic heterocycles. The van der Waals surface area contributed by atoms with Crippen LogP contribution in [0.15, 0.2) is 65.5 Å². The van der Waals surface area contributed by atoms with E-state index in [2.05, 4.69) is 16.1 Å². The van der Waals surface area contributed by atoms with E-state index in [1.54, 1.807) is 6.07 Å². The molecule has 0 unspecified atom stereocenters. The van der Waals surface area contributed by atoms with Gasteiger partial charge in [0.25, 0.3) is 11.5 Å². The summed E-state index contributed by atoms with van der Waals surface area (Å²) in [5.41, 5.74) is 2.66. The van der Waals surface area contributed by atoms with Crippen molar-refractivity contribution in [1.82, 2.24) is 24.4 Å². The Morgan fingerprint density at radius 3 is 2.56 bits per heavy atom. The molecule has 0 aliphatic carbocycles. The fraction of sp³-hybridized carbons (Fsp3) is 0.333. The second-order valence-electron chi connectivity index (χ2n) is 8.99. The van der Waals surface area contributed by atoms with E-state index >= 15 is 0 Å². The van der Waals surface area contributed by atoms with E-state index in [-0.39, 0.29) is 11.5 Å². The molecule has 1 atom stereocenters. The Kier molecular flexibility index (Phi) is 7.11. The van der Waals surface area contributed by atoms with E-state index in [1.807, 2.05) is 67.3 Å². The van der Waals surface area contributed by atoms with Crippen LogP contribution in [0.4, 0.5) is 0 Å². The number of amides is 1. The largest absolute Gasteiger partial charge is 0.481 e. The Balaban J connectivity index is 1.22. The van der Waals surface area contributed by atoms with Crippen LogP contribution in [-0.2, 0) is 11.3 Å². The third kappa shape index (κ3) is 5.32. The van der Waals surface area contributed by atoms with Gasteiger partial charge in [-0.25, -0.2) is 4.98 Å². The van der Waals surface area contributed by atoms with Crippen molar-refractivity contribution in [3.8, 4) is 16.3 Å². The lowest BCUT2D eigenvalue weighted by molar-refractivity contribution is -0.140. The average molecular weight is 504 g/mol. The smallest absolute Gasteiger partial charge is 0.275 e. The van der Waals surface area contributed by atoms with Crippen molar-refractivity contribution >= 4 is 22.2 Å². The van der Waals surface area contributed by atoms with Crippen LogP contribution in [0, 0.1) is 6.92 Å². The van der Waals surface area contributed by atoms with Gasteiger partial charge in [0.15, 0.2) is 6.10 Å². The SMILES string of the molecule is CC[C@@H](Oc1ccccc1)C(=O)N1CCN(Cc2cc(=O)n3nc(-c4cccc(C)c4)sc3n2)CC1. The van der Waals surface area contributed by atoms with Crippen LogP contribution in [0.3, 0.4) is 0 Å². The van der Waals surface area contributed by atoms with E-state index in [9.17, 15) is 9.59 Å². The quantitative estimate of drug-likeness (QED) is 0.383. The molecule has 1 fully saturated rings. The van der Waals surface area contributed by atoms with Gasteiger partial charge in [-0.3, -0.25) is 14.5 Å². The number of ether oxygens (including phenoxy) is 1. The molecule has 0 bridgehead atoms. The average Bonchev–Trinajstić information content (AvgIpc) is 3.33. The highest BCUT2D eigenvalue weighted by molar-refractivity contribution is 7.19. The van der Waals surface area contributed by atoms with Gasteiger partial charge in [0, 0.05) is 44.4 Å². The van der Waals surface area contributed by atoms with E-state index in [0.717, 1.165) is 21.8 Å². The van der Waals surface area contributed by atoms with Gasteiger partial charge in [0.2, 0.25) is 4.96 Å². The fourth-order valence-electron chi connectivity index (χ4n) is 4.36. The number of aromatic nitrogens is 3. The first kappa shape index (κ1) is 24.1. The maximum atomic E-state index is 13.1.